The molecule has 0 aromatic heterocycles. The quantitative estimate of drug-likeness (QED) is 0.574. The molecule has 26 heavy (non-hydrogen) atoms. The van der Waals surface area contributed by atoms with Gasteiger partial charge in [-0.2, -0.15) is 0 Å². The van der Waals surface area contributed by atoms with Crippen molar-refractivity contribution in [3.63, 3.8) is 0 Å². The van der Waals surface area contributed by atoms with Gasteiger partial charge in [0.25, 0.3) is 5.91 Å². The van der Waals surface area contributed by atoms with E-state index in [0.717, 1.165) is 0 Å². The summed E-state index contributed by atoms with van der Waals surface area (Å²) in [4.78, 5) is 22.8. The fourth-order valence-corrected chi connectivity index (χ4v) is 2.95. The number of halogens is 2. The second-order valence-electron chi connectivity index (χ2n) is 5.38. The number of carbonyl (C=O) groups excluding carboxylic acids is 2. The minimum Gasteiger partial charge on any atom is -0.493 e. The van der Waals surface area contributed by atoms with Gasteiger partial charge in [0.2, 0.25) is 0 Å². The molecular formula is C18H14BrFN2O4. The Morgan fingerprint density at radius 1 is 1.19 bits per heavy atom. The summed E-state index contributed by atoms with van der Waals surface area (Å²) in [6.45, 7) is 0.0283. The van der Waals surface area contributed by atoms with Gasteiger partial charge in [-0.1, -0.05) is 18.2 Å². The zero-order valence-corrected chi connectivity index (χ0v) is 15.2. The lowest BCUT2D eigenvalue weighted by molar-refractivity contribution is -0.115. The number of carbonyl (C=O) groups is 2. The maximum absolute atomic E-state index is 13.7. The highest BCUT2D eigenvalue weighted by Crippen LogP contribution is 2.37. The van der Waals surface area contributed by atoms with Crippen molar-refractivity contribution in [3.05, 3.63) is 63.5 Å². The Morgan fingerprint density at radius 3 is 2.62 bits per heavy atom. The first-order valence-corrected chi connectivity index (χ1v) is 8.35. The number of urea groups is 1. The van der Waals surface area contributed by atoms with Crippen molar-refractivity contribution in [3.8, 4) is 11.5 Å². The molecule has 134 valence electrons. The molecule has 1 heterocycles. The van der Waals surface area contributed by atoms with Crippen LogP contribution in [0.3, 0.4) is 0 Å². The van der Waals surface area contributed by atoms with E-state index in [1.807, 2.05) is 0 Å². The first-order valence-electron chi connectivity index (χ1n) is 7.55. The highest BCUT2D eigenvalue weighted by atomic mass is 79.9. The van der Waals surface area contributed by atoms with E-state index in [1.165, 1.54) is 19.3 Å². The van der Waals surface area contributed by atoms with Gasteiger partial charge in [0.1, 0.15) is 18.1 Å². The Labute approximate surface area is 157 Å². The zero-order chi connectivity index (χ0) is 18.7. The highest BCUT2D eigenvalue weighted by Gasteiger charge is 2.23. The third-order valence-corrected chi connectivity index (χ3v) is 4.20. The molecule has 6 nitrogen and oxygen atoms in total. The van der Waals surface area contributed by atoms with Crippen molar-refractivity contribution < 1.29 is 23.5 Å². The Balaban J connectivity index is 1.86. The van der Waals surface area contributed by atoms with Crippen LogP contribution in [0.2, 0.25) is 0 Å². The average Bonchev–Trinajstić information content (AvgIpc) is 2.92. The molecule has 1 aliphatic rings. The third kappa shape index (κ3) is 3.85. The molecule has 0 aliphatic carbocycles. The molecule has 0 spiro atoms. The molecule has 2 aromatic carbocycles. The second kappa shape index (κ2) is 7.57. The van der Waals surface area contributed by atoms with Crippen molar-refractivity contribution in [1.82, 2.24) is 10.6 Å². The zero-order valence-electron chi connectivity index (χ0n) is 13.6. The molecule has 3 amide bonds. The summed E-state index contributed by atoms with van der Waals surface area (Å²) in [6, 6.07) is 9.10. The Kier molecular flexibility index (Phi) is 5.22. The van der Waals surface area contributed by atoms with Crippen LogP contribution in [0.1, 0.15) is 11.1 Å². The molecule has 2 aromatic rings. The molecule has 0 saturated carbocycles. The third-order valence-electron chi connectivity index (χ3n) is 3.61. The predicted octanol–water partition coefficient (Wildman–Crippen LogP) is 3.36. The van der Waals surface area contributed by atoms with Crippen LogP contribution in [0.5, 0.6) is 11.5 Å². The van der Waals surface area contributed by atoms with Crippen LogP contribution >= 0.6 is 15.9 Å². The SMILES string of the molecule is COc1cc(C=C2NC(=O)NC2=O)cc(Br)c1OCc1ccccc1F. The summed E-state index contributed by atoms with van der Waals surface area (Å²) in [5, 5.41) is 4.53. The van der Waals surface area contributed by atoms with Crippen LogP contribution in [-0.4, -0.2) is 19.0 Å². The highest BCUT2D eigenvalue weighted by molar-refractivity contribution is 9.10. The molecule has 1 saturated heterocycles. The molecule has 1 aliphatic heterocycles. The predicted molar refractivity (Wildman–Crippen MR) is 96.1 cm³/mol. The number of ether oxygens (including phenoxy) is 2. The number of hydrogen-bond donors (Lipinski definition) is 2. The van der Waals surface area contributed by atoms with E-state index in [1.54, 1.807) is 30.3 Å². The van der Waals surface area contributed by atoms with Crippen LogP contribution in [0.4, 0.5) is 9.18 Å². The van der Waals surface area contributed by atoms with Crippen LogP contribution in [-0.2, 0) is 11.4 Å². The van der Waals surface area contributed by atoms with Crippen molar-refractivity contribution in [1.29, 1.82) is 0 Å². The topological polar surface area (TPSA) is 76.7 Å². The first kappa shape index (κ1) is 17.9. The molecule has 0 radical (unpaired) electrons. The monoisotopic (exact) mass is 420 g/mol. The smallest absolute Gasteiger partial charge is 0.326 e. The van der Waals surface area contributed by atoms with Gasteiger partial charge in [-0.15, -0.1) is 0 Å². The molecular weight excluding hydrogens is 407 g/mol. The molecule has 3 rings (SSSR count). The van der Waals surface area contributed by atoms with Crippen LogP contribution < -0.4 is 20.1 Å². The maximum atomic E-state index is 13.7. The largest absolute Gasteiger partial charge is 0.493 e. The Hall–Kier alpha value is -2.87. The normalized spacial score (nSPS) is 15.0. The number of rotatable bonds is 5. The van der Waals surface area contributed by atoms with Gasteiger partial charge in [-0.3, -0.25) is 10.1 Å². The summed E-state index contributed by atoms with van der Waals surface area (Å²) >= 11 is 3.39. The van der Waals surface area contributed by atoms with E-state index in [2.05, 4.69) is 26.6 Å². The van der Waals surface area contributed by atoms with Crippen molar-refractivity contribution in [2.24, 2.45) is 0 Å². The first-order chi connectivity index (χ1) is 12.5. The molecule has 1 fully saturated rings. The minimum absolute atomic E-state index is 0.0283. The Bertz CT molecular complexity index is 914. The lowest BCUT2D eigenvalue weighted by atomic mass is 10.1. The van der Waals surface area contributed by atoms with E-state index >= 15 is 0 Å². The molecule has 8 heteroatoms. The summed E-state index contributed by atoms with van der Waals surface area (Å²) in [5.74, 6) is -0.0676. The van der Waals surface area contributed by atoms with Gasteiger partial charge in [0.15, 0.2) is 11.5 Å². The Morgan fingerprint density at radius 2 is 1.96 bits per heavy atom. The van der Waals surface area contributed by atoms with Gasteiger partial charge in [-0.25, -0.2) is 9.18 Å². The molecule has 0 unspecified atom stereocenters. The van der Waals surface area contributed by atoms with E-state index in [4.69, 9.17) is 9.47 Å². The summed E-state index contributed by atoms with van der Waals surface area (Å²) in [7, 11) is 1.47. The van der Waals surface area contributed by atoms with E-state index in [0.29, 0.717) is 27.1 Å². The van der Waals surface area contributed by atoms with E-state index in [9.17, 15) is 14.0 Å². The lowest BCUT2D eigenvalue weighted by Crippen LogP contribution is -2.22. The summed E-state index contributed by atoms with van der Waals surface area (Å²) in [5.41, 5.74) is 1.15. The van der Waals surface area contributed by atoms with Gasteiger partial charge in [0, 0.05) is 5.56 Å². The summed E-state index contributed by atoms with van der Waals surface area (Å²) in [6.07, 6.45) is 1.51. The maximum Gasteiger partial charge on any atom is 0.326 e. The van der Waals surface area contributed by atoms with Gasteiger partial charge < -0.3 is 14.8 Å². The molecule has 0 bridgehead atoms. The number of methoxy groups -OCH3 is 1. The van der Waals surface area contributed by atoms with E-state index < -0.39 is 11.9 Å². The van der Waals surface area contributed by atoms with E-state index in [-0.39, 0.29) is 18.1 Å². The van der Waals surface area contributed by atoms with Crippen molar-refractivity contribution in [2.75, 3.05) is 7.11 Å². The van der Waals surface area contributed by atoms with Crippen LogP contribution in [0.15, 0.2) is 46.6 Å². The van der Waals surface area contributed by atoms with Gasteiger partial charge >= 0.3 is 6.03 Å². The van der Waals surface area contributed by atoms with Gasteiger partial charge in [-0.05, 0) is 45.8 Å². The lowest BCUT2D eigenvalue weighted by Gasteiger charge is -2.14. The second-order valence-corrected chi connectivity index (χ2v) is 6.23. The van der Waals surface area contributed by atoms with Crippen molar-refractivity contribution in [2.45, 2.75) is 6.61 Å². The number of hydrogen-bond acceptors (Lipinski definition) is 4. The standard InChI is InChI=1S/C18H14BrFN2O4/c1-25-15-8-10(7-14-17(23)22-18(24)21-14)6-12(19)16(15)26-9-11-4-2-3-5-13(11)20/h2-8H,9H2,1H3,(H2,21,22,23,24). The fourth-order valence-electron chi connectivity index (χ4n) is 2.38. The van der Waals surface area contributed by atoms with Crippen molar-refractivity contribution >= 4 is 33.9 Å². The molecule has 0 atom stereocenters. The molecule has 2 N–H and O–H groups in total. The number of amides is 3. The van der Waals surface area contributed by atoms with Gasteiger partial charge in [0.05, 0.1) is 11.6 Å². The minimum atomic E-state index is -0.572. The number of nitrogens with one attached hydrogen (secondary N) is 2. The fraction of sp³-hybridized carbons (Fsp3) is 0.111. The number of benzene rings is 2. The summed E-state index contributed by atoms with van der Waals surface area (Å²) < 4.78 is 25.3. The average molecular weight is 421 g/mol. The van der Waals surface area contributed by atoms with Crippen LogP contribution in [0, 0.1) is 5.82 Å². The number of imide groups is 1. The van der Waals surface area contributed by atoms with Crippen LogP contribution in [0.25, 0.3) is 6.08 Å².